The summed E-state index contributed by atoms with van der Waals surface area (Å²) in [6.07, 6.45) is -4.44. The van der Waals surface area contributed by atoms with Crippen LogP contribution < -0.4 is 10.7 Å². The molecule has 0 bridgehead atoms. The monoisotopic (exact) mass is 479 g/mol. The molecule has 3 aromatic rings. The van der Waals surface area contributed by atoms with Crippen LogP contribution in [0.2, 0.25) is 10.2 Å². The minimum Gasteiger partial charge on any atom is -0.340 e. The van der Waals surface area contributed by atoms with E-state index in [0.717, 1.165) is 16.8 Å². The van der Waals surface area contributed by atoms with Crippen molar-refractivity contribution in [2.75, 3.05) is 0 Å². The highest BCUT2D eigenvalue weighted by molar-refractivity contribution is 6.32. The molecule has 1 N–H and O–H groups in total. The SMILES string of the molecule is CC[C@H](NC(=O)c1cn(-c2c(F)cc(F)cc2Cl)c2nc(Cl)ccc2c1=O)C(F)(F)F. The van der Waals surface area contributed by atoms with Crippen molar-refractivity contribution >= 4 is 40.1 Å². The van der Waals surface area contributed by atoms with E-state index >= 15 is 0 Å². The first kappa shape index (κ1) is 23.0. The number of carbonyl (C=O) groups is 1. The van der Waals surface area contributed by atoms with Gasteiger partial charge in [0.1, 0.15) is 33.9 Å². The van der Waals surface area contributed by atoms with Gasteiger partial charge in [0.25, 0.3) is 5.91 Å². The van der Waals surface area contributed by atoms with E-state index in [2.05, 4.69) is 4.98 Å². The van der Waals surface area contributed by atoms with Gasteiger partial charge in [-0.15, -0.1) is 0 Å². The number of fused-ring (bicyclic) bond motifs is 1. The van der Waals surface area contributed by atoms with Gasteiger partial charge in [0.2, 0.25) is 5.43 Å². The summed E-state index contributed by atoms with van der Waals surface area (Å²) in [5.74, 6) is -3.49. The lowest BCUT2D eigenvalue weighted by Gasteiger charge is -2.20. The van der Waals surface area contributed by atoms with Gasteiger partial charge >= 0.3 is 6.18 Å². The predicted octanol–water partition coefficient (Wildman–Crippen LogP) is 5.04. The first-order valence-corrected chi connectivity index (χ1v) is 9.44. The first-order valence-electron chi connectivity index (χ1n) is 8.68. The van der Waals surface area contributed by atoms with E-state index in [4.69, 9.17) is 23.2 Å². The van der Waals surface area contributed by atoms with E-state index in [0.29, 0.717) is 6.07 Å². The van der Waals surface area contributed by atoms with Crippen molar-refractivity contribution in [1.29, 1.82) is 0 Å². The van der Waals surface area contributed by atoms with Crippen molar-refractivity contribution in [3.8, 4) is 5.69 Å². The molecule has 1 atom stereocenters. The summed E-state index contributed by atoms with van der Waals surface area (Å²) in [5.41, 5.74) is -2.38. The maximum absolute atomic E-state index is 14.5. The summed E-state index contributed by atoms with van der Waals surface area (Å²) in [4.78, 5) is 29.3. The van der Waals surface area contributed by atoms with E-state index in [-0.39, 0.29) is 16.2 Å². The topological polar surface area (TPSA) is 64.0 Å². The van der Waals surface area contributed by atoms with E-state index in [1.165, 1.54) is 19.1 Å². The number of nitrogens with one attached hydrogen (secondary N) is 1. The molecule has 0 radical (unpaired) electrons. The zero-order chi connectivity index (χ0) is 23.1. The smallest absolute Gasteiger partial charge is 0.340 e. The Bertz CT molecular complexity index is 1220. The number of benzene rings is 1. The lowest BCUT2D eigenvalue weighted by atomic mass is 10.1. The van der Waals surface area contributed by atoms with Crippen molar-refractivity contribution in [2.45, 2.75) is 25.6 Å². The average molecular weight is 480 g/mol. The molecule has 0 saturated carbocycles. The van der Waals surface area contributed by atoms with Crippen LogP contribution in [-0.4, -0.2) is 27.7 Å². The Balaban J connectivity index is 2.29. The fourth-order valence-electron chi connectivity index (χ4n) is 2.93. The number of hydrogen-bond donors (Lipinski definition) is 1. The zero-order valence-electron chi connectivity index (χ0n) is 15.5. The minimum absolute atomic E-state index is 0.0976. The van der Waals surface area contributed by atoms with Gasteiger partial charge in [-0.25, -0.2) is 13.8 Å². The van der Waals surface area contributed by atoms with Crippen molar-refractivity contribution in [1.82, 2.24) is 14.9 Å². The molecule has 0 unspecified atom stereocenters. The van der Waals surface area contributed by atoms with Gasteiger partial charge in [-0.2, -0.15) is 13.2 Å². The lowest BCUT2D eigenvalue weighted by molar-refractivity contribution is -0.153. The van der Waals surface area contributed by atoms with Crippen LogP contribution in [0.25, 0.3) is 16.7 Å². The number of amides is 1. The highest BCUT2D eigenvalue weighted by Gasteiger charge is 2.39. The Morgan fingerprint density at radius 2 is 1.90 bits per heavy atom. The molecule has 2 aromatic heterocycles. The van der Waals surface area contributed by atoms with Crippen molar-refractivity contribution < 1.29 is 26.7 Å². The summed E-state index contributed by atoms with van der Waals surface area (Å²) >= 11 is 11.8. The first-order chi connectivity index (χ1) is 14.4. The summed E-state index contributed by atoms with van der Waals surface area (Å²) in [5, 5.41) is 0.977. The summed E-state index contributed by atoms with van der Waals surface area (Å²) in [7, 11) is 0. The van der Waals surface area contributed by atoms with E-state index < -0.39 is 57.9 Å². The molecular formula is C19H12Cl2F5N3O2. The molecule has 0 saturated heterocycles. The molecule has 12 heteroatoms. The number of rotatable bonds is 4. The molecule has 31 heavy (non-hydrogen) atoms. The summed E-state index contributed by atoms with van der Waals surface area (Å²) in [6, 6.07) is 1.47. The van der Waals surface area contributed by atoms with E-state index in [1.807, 2.05) is 0 Å². The summed E-state index contributed by atoms with van der Waals surface area (Å²) < 4.78 is 68.1. The van der Waals surface area contributed by atoms with E-state index in [1.54, 1.807) is 5.32 Å². The second kappa shape index (κ2) is 8.43. The van der Waals surface area contributed by atoms with Crippen LogP contribution in [0.5, 0.6) is 0 Å². The Hall–Kier alpha value is -2.72. The molecule has 0 spiro atoms. The normalized spacial score (nSPS) is 12.8. The Morgan fingerprint density at radius 1 is 1.23 bits per heavy atom. The second-order valence-corrected chi connectivity index (χ2v) is 7.24. The molecule has 0 aliphatic rings. The number of carbonyl (C=O) groups excluding carboxylic acids is 1. The molecule has 0 aliphatic carbocycles. The zero-order valence-corrected chi connectivity index (χ0v) is 17.0. The van der Waals surface area contributed by atoms with Gasteiger partial charge < -0.3 is 5.32 Å². The van der Waals surface area contributed by atoms with E-state index in [9.17, 15) is 31.5 Å². The second-order valence-electron chi connectivity index (χ2n) is 6.44. The Morgan fingerprint density at radius 3 is 2.48 bits per heavy atom. The highest BCUT2D eigenvalue weighted by atomic mass is 35.5. The maximum Gasteiger partial charge on any atom is 0.408 e. The number of pyridine rings is 2. The van der Waals surface area contributed by atoms with Crippen molar-refractivity contribution in [3.05, 3.63) is 68.1 Å². The molecule has 0 aliphatic heterocycles. The third-order valence-electron chi connectivity index (χ3n) is 4.39. The van der Waals surface area contributed by atoms with Crippen LogP contribution in [0.4, 0.5) is 22.0 Å². The van der Waals surface area contributed by atoms with Crippen LogP contribution in [0.15, 0.2) is 35.3 Å². The van der Waals surface area contributed by atoms with Gasteiger partial charge in [-0.3, -0.25) is 14.2 Å². The third-order valence-corrected chi connectivity index (χ3v) is 4.89. The van der Waals surface area contributed by atoms with Crippen molar-refractivity contribution in [3.63, 3.8) is 0 Å². The molecule has 5 nitrogen and oxygen atoms in total. The van der Waals surface area contributed by atoms with Crippen LogP contribution in [0.1, 0.15) is 23.7 Å². The van der Waals surface area contributed by atoms with Gasteiger partial charge in [0.05, 0.1) is 10.4 Å². The fraction of sp³-hybridized carbons (Fsp3) is 0.211. The number of halogens is 7. The Labute approximate surface area is 181 Å². The highest BCUT2D eigenvalue weighted by Crippen LogP contribution is 2.28. The quantitative estimate of drug-likeness (QED) is 0.421. The number of nitrogens with zero attached hydrogens (tertiary/aromatic N) is 2. The number of hydrogen-bond acceptors (Lipinski definition) is 3. The lowest BCUT2D eigenvalue weighted by Crippen LogP contribution is -2.46. The molecule has 164 valence electrons. The number of alkyl halides is 3. The van der Waals surface area contributed by atoms with Gasteiger partial charge in [0.15, 0.2) is 5.82 Å². The van der Waals surface area contributed by atoms with Crippen LogP contribution >= 0.6 is 23.2 Å². The minimum atomic E-state index is -4.75. The van der Waals surface area contributed by atoms with Gasteiger partial charge in [-0.05, 0) is 24.6 Å². The maximum atomic E-state index is 14.5. The van der Waals surface area contributed by atoms with Crippen LogP contribution in [0.3, 0.4) is 0 Å². The standard InChI is InChI=1S/C19H12Cl2F5N3O2/c1-2-13(19(24,25)26)27-18(31)10-7-29(15-11(20)5-8(22)6-12(15)23)17-9(16(10)30)3-4-14(21)28-17/h3-7,13H,2H2,1H3,(H,27,31)/t13-/m0/s1. The van der Waals surface area contributed by atoms with Crippen LogP contribution in [0, 0.1) is 11.6 Å². The third kappa shape index (κ3) is 4.49. The number of aromatic nitrogens is 2. The fourth-order valence-corrected chi connectivity index (χ4v) is 3.36. The van der Waals surface area contributed by atoms with Crippen molar-refractivity contribution in [2.24, 2.45) is 0 Å². The molecule has 2 heterocycles. The predicted molar refractivity (Wildman–Crippen MR) is 105 cm³/mol. The van der Waals surface area contributed by atoms with Crippen LogP contribution in [-0.2, 0) is 0 Å². The molecule has 3 rings (SSSR count). The van der Waals surface area contributed by atoms with Gasteiger partial charge in [0, 0.05) is 12.3 Å². The molecular weight excluding hydrogens is 468 g/mol. The average Bonchev–Trinajstić information content (AvgIpc) is 2.65. The van der Waals surface area contributed by atoms with Gasteiger partial charge in [-0.1, -0.05) is 30.1 Å². The molecule has 0 fully saturated rings. The Kier molecular flexibility index (Phi) is 6.24. The molecule has 1 amide bonds. The summed E-state index contributed by atoms with van der Waals surface area (Å²) in [6.45, 7) is 1.21. The molecule has 1 aromatic carbocycles. The largest absolute Gasteiger partial charge is 0.408 e.